The van der Waals surface area contributed by atoms with Gasteiger partial charge in [-0.15, -0.1) is 0 Å². The Morgan fingerprint density at radius 1 is 1.36 bits per heavy atom. The van der Waals surface area contributed by atoms with Gasteiger partial charge in [-0.2, -0.15) is 0 Å². The third-order valence-electron chi connectivity index (χ3n) is 3.30. The number of carbonyl (C=O) groups is 1. The maximum atomic E-state index is 11.0. The molecular formula is C15H14ClN5O. The van der Waals surface area contributed by atoms with Gasteiger partial charge >= 0.3 is 0 Å². The first-order valence-corrected chi connectivity index (χ1v) is 7.03. The lowest BCUT2D eigenvalue weighted by atomic mass is 10.2. The van der Waals surface area contributed by atoms with Gasteiger partial charge in [0.1, 0.15) is 5.82 Å². The third kappa shape index (κ3) is 2.87. The van der Waals surface area contributed by atoms with Crippen molar-refractivity contribution >= 4 is 39.9 Å². The number of anilines is 2. The van der Waals surface area contributed by atoms with Crippen molar-refractivity contribution in [2.24, 2.45) is 12.8 Å². The summed E-state index contributed by atoms with van der Waals surface area (Å²) in [5.74, 6) is 0.0541. The maximum Gasteiger partial charge on any atom is 0.224 e. The minimum atomic E-state index is -0.467. The molecule has 2 aromatic heterocycles. The number of rotatable bonds is 4. The standard InChI is InChI=1S/C15H14ClN5O/c1-21-6-5-10-11(3-2-4-12(10)21)19-14-8-9(7-13(17)22)18-15(16)20-14/h2-6,8H,7H2,1H3,(H2,17,22)(H,18,19,20). The lowest BCUT2D eigenvalue weighted by molar-refractivity contribution is -0.117. The highest BCUT2D eigenvalue weighted by Crippen LogP contribution is 2.26. The van der Waals surface area contributed by atoms with Gasteiger partial charge in [0.25, 0.3) is 0 Å². The van der Waals surface area contributed by atoms with Crippen LogP contribution in [0.25, 0.3) is 10.9 Å². The molecule has 1 amide bonds. The summed E-state index contributed by atoms with van der Waals surface area (Å²) in [5, 5.41) is 4.35. The van der Waals surface area contributed by atoms with Crippen LogP contribution in [0.2, 0.25) is 5.28 Å². The molecule has 2 heterocycles. The van der Waals surface area contributed by atoms with Gasteiger partial charge in [0.05, 0.1) is 12.1 Å². The van der Waals surface area contributed by atoms with Crippen LogP contribution in [0.5, 0.6) is 0 Å². The van der Waals surface area contributed by atoms with Gasteiger partial charge in [0.15, 0.2) is 0 Å². The highest BCUT2D eigenvalue weighted by atomic mass is 35.5. The van der Waals surface area contributed by atoms with Crippen molar-refractivity contribution in [1.29, 1.82) is 0 Å². The van der Waals surface area contributed by atoms with Gasteiger partial charge in [-0.05, 0) is 29.8 Å². The van der Waals surface area contributed by atoms with Crippen molar-refractivity contribution < 1.29 is 4.79 Å². The van der Waals surface area contributed by atoms with E-state index in [4.69, 9.17) is 17.3 Å². The minimum Gasteiger partial charge on any atom is -0.369 e. The zero-order chi connectivity index (χ0) is 15.7. The Balaban J connectivity index is 1.98. The van der Waals surface area contributed by atoms with E-state index in [1.165, 1.54) is 0 Å². The van der Waals surface area contributed by atoms with E-state index in [0.29, 0.717) is 11.5 Å². The molecule has 0 bridgehead atoms. The Morgan fingerprint density at radius 3 is 2.95 bits per heavy atom. The van der Waals surface area contributed by atoms with Crippen LogP contribution in [0, 0.1) is 0 Å². The molecule has 0 aliphatic carbocycles. The number of carbonyl (C=O) groups excluding carboxylic acids is 1. The van der Waals surface area contributed by atoms with Crippen LogP contribution in [0.1, 0.15) is 5.69 Å². The number of fused-ring (bicyclic) bond motifs is 1. The van der Waals surface area contributed by atoms with Crippen molar-refractivity contribution in [3.05, 3.63) is 47.5 Å². The number of aromatic nitrogens is 3. The molecule has 3 rings (SSSR count). The molecule has 6 nitrogen and oxygen atoms in total. The molecule has 0 atom stereocenters. The molecule has 7 heteroatoms. The number of amides is 1. The summed E-state index contributed by atoms with van der Waals surface area (Å²) in [6, 6.07) is 9.62. The normalized spacial score (nSPS) is 10.8. The number of nitrogens with one attached hydrogen (secondary N) is 1. The van der Waals surface area contributed by atoms with E-state index in [1.54, 1.807) is 6.07 Å². The summed E-state index contributed by atoms with van der Waals surface area (Å²) in [6.07, 6.45) is 2.01. The third-order valence-corrected chi connectivity index (χ3v) is 3.47. The Kier molecular flexibility index (Phi) is 3.68. The Bertz CT molecular complexity index is 858. The SMILES string of the molecule is Cn1ccc2c(Nc3cc(CC(N)=O)nc(Cl)n3)cccc21. The molecule has 0 radical (unpaired) electrons. The Labute approximate surface area is 131 Å². The number of benzene rings is 1. The second-order valence-electron chi connectivity index (χ2n) is 4.95. The molecule has 3 aromatic rings. The molecule has 0 unspecified atom stereocenters. The van der Waals surface area contributed by atoms with Crippen molar-refractivity contribution in [3.8, 4) is 0 Å². The summed E-state index contributed by atoms with van der Waals surface area (Å²) in [7, 11) is 1.98. The fourth-order valence-electron chi connectivity index (χ4n) is 2.35. The summed E-state index contributed by atoms with van der Waals surface area (Å²) in [5.41, 5.74) is 7.67. The average Bonchev–Trinajstić information content (AvgIpc) is 2.80. The summed E-state index contributed by atoms with van der Waals surface area (Å²) in [6.45, 7) is 0. The summed E-state index contributed by atoms with van der Waals surface area (Å²) < 4.78 is 2.03. The lowest BCUT2D eigenvalue weighted by Gasteiger charge is -2.09. The predicted octanol–water partition coefficient (Wildman–Crippen LogP) is 2.39. The number of halogens is 1. The minimum absolute atomic E-state index is 0.0203. The van der Waals surface area contributed by atoms with Crippen molar-refractivity contribution in [3.63, 3.8) is 0 Å². The molecule has 22 heavy (non-hydrogen) atoms. The fraction of sp³-hybridized carbons (Fsp3) is 0.133. The lowest BCUT2D eigenvalue weighted by Crippen LogP contribution is -2.15. The van der Waals surface area contributed by atoms with E-state index in [-0.39, 0.29) is 11.7 Å². The smallest absolute Gasteiger partial charge is 0.224 e. The van der Waals surface area contributed by atoms with Crippen molar-refractivity contribution in [2.45, 2.75) is 6.42 Å². The number of aryl methyl sites for hydroxylation is 1. The van der Waals surface area contributed by atoms with Crippen LogP contribution in [-0.4, -0.2) is 20.4 Å². The van der Waals surface area contributed by atoms with Gasteiger partial charge in [-0.1, -0.05) is 6.07 Å². The van der Waals surface area contributed by atoms with Gasteiger partial charge in [0.2, 0.25) is 11.2 Å². The largest absolute Gasteiger partial charge is 0.369 e. The van der Waals surface area contributed by atoms with E-state index < -0.39 is 5.91 Å². The summed E-state index contributed by atoms with van der Waals surface area (Å²) in [4.78, 5) is 19.1. The molecule has 0 saturated heterocycles. The molecule has 0 aliphatic heterocycles. The topological polar surface area (TPSA) is 85.8 Å². The molecule has 3 N–H and O–H groups in total. The van der Waals surface area contributed by atoms with Crippen LogP contribution in [0.4, 0.5) is 11.5 Å². The van der Waals surface area contributed by atoms with Crippen molar-refractivity contribution in [2.75, 3.05) is 5.32 Å². The maximum absolute atomic E-state index is 11.0. The number of nitrogens with zero attached hydrogens (tertiary/aromatic N) is 3. The molecule has 0 aliphatic rings. The molecular weight excluding hydrogens is 302 g/mol. The van der Waals surface area contributed by atoms with Crippen LogP contribution in [-0.2, 0) is 18.3 Å². The van der Waals surface area contributed by atoms with Gasteiger partial charge < -0.3 is 15.6 Å². The van der Waals surface area contributed by atoms with Crippen molar-refractivity contribution in [1.82, 2.24) is 14.5 Å². The monoisotopic (exact) mass is 315 g/mol. The van der Waals surface area contributed by atoms with Gasteiger partial charge in [0, 0.05) is 35.9 Å². The van der Waals surface area contributed by atoms with Crippen LogP contribution in [0.3, 0.4) is 0 Å². The number of hydrogen-bond acceptors (Lipinski definition) is 4. The number of primary amides is 1. The fourth-order valence-corrected chi connectivity index (χ4v) is 2.55. The molecule has 0 spiro atoms. The van der Waals surface area contributed by atoms with Gasteiger partial charge in [-0.3, -0.25) is 4.79 Å². The van der Waals surface area contributed by atoms with E-state index in [0.717, 1.165) is 16.6 Å². The Morgan fingerprint density at radius 2 is 2.18 bits per heavy atom. The molecule has 112 valence electrons. The molecule has 0 fully saturated rings. The van der Waals surface area contributed by atoms with Gasteiger partial charge in [-0.25, -0.2) is 9.97 Å². The van der Waals surface area contributed by atoms with Crippen LogP contribution < -0.4 is 11.1 Å². The van der Waals surface area contributed by atoms with E-state index >= 15 is 0 Å². The highest BCUT2D eigenvalue weighted by molar-refractivity contribution is 6.28. The summed E-state index contributed by atoms with van der Waals surface area (Å²) >= 11 is 5.90. The Hall–Kier alpha value is -2.60. The van der Waals surface area contributed by atoms with Crippen LogP contribution in [0.15, 0.2) is 36.5 Å². The van der Waals surface area contributed by atoms with E-state index in [1.807, 2.05) is 42.1 Å². The first-order valence-electron chi connectivity index (χ1n) is 6.66. The first kappa shape index (κ1) is 14.3. The number of hydrogen-bond donors (Lipinski definition) is 2. The zero-order valence-electron chi connectivity index (χ0n) is 11.9. The van der Waals surface area contributed by atoms with E-state index in [9.17, 15) is 4.79 Å². The molecule has 1 aromatic carbocycles. The second-order valence-corrected chi connectivity index (χ2v) is 5.28. The zero-order valence-corrected chi connectivity index (χ0v) is 12.6. The predicted molar refractivity (Wildman–Crippen MR) is 86.1 cm³/mol. The molecule has 0 saturated carbocycles. The average molecular weight is 316 g/mol. The van der Waals surface area contributed by atoms with E-state index in [2.05, 4.69) is 15.3 Å². The first-order chi connectivity index (χ1) is 10.5. The second kappa shape index (κ2) is 5.65. The van der Waals surface area contributed by atoms with Crippen LogP contribution >= 0.6 is 11.6 Å². The quantitative estimate of drug-likeness (QED) is 0.724. The number of nitrogens with two attached hydrogens (primary N) is 1. The highest BCUT2D eigenvalue weighted by Gasteiger charge is 2.08.